The lowest BCUT2D eigenvalue weighted by molar-refractivity contribution is -0.123. The number of carbonyl (C=O) groups excluding carboxylic acids is 1. The van der Waals surface area contributed by atoms with Crippen LogP contribution in [0, 0.1) is 11.8 Å². The second-order valence-corrected chi connectivity index (χ2v) is 3.63. The fraction of sp³-hybridized carbons (Fsp3) is 0.750. The molecule has 2 aliphatic heterocycles. The van der Waals surface area contributed by atoms with Gasteiger partial charge in [0.25, 0.3) is 0 Å². The summed E-state index contributed by atoms with van der Waals surface area (Å²) in [5.74, 6) is 0.336. The van der Waals surface area contributed by atoms with Crippen LogP contribution in [0.25, 0.3) is 0 Å². The Morgan fingerprint density at radius 2 is 2.38 bits per heavy atom. The molecule has 0 bridgehead atoms. The molecular weight excluding hydrogens is 172 g/mol. The van der Waals surface area contributed by atoms with Crippen molar-refractivity contribution in [3.63, 3.8) is 0 Å². The van der Waals surface area contributed by atoms with Crippen LogP contribution in [-0.2, 0) is 4.79 Å². The van der Waals surface area contributed by atoms with Gasteiger partial charge in [0, 0.05) is 31.5 Å². The molecule has 0 radical (unpaired) electrons. The normalized spacial score (nSPS) is 32.6. The van der Waals surface area contributed by atoms with Crippen LogP contribution in [-0.4, -0.2) is 41.6 Å². The standard InChI is InChI=1S/C8H12N2O3/c11-7-6-1-2-10(8(12)13)4-5(6)3-9-7/h5-6H,1-4H2,(H,9,11)(H,12,13)/t5-,6?/m0/s1. The molecule has 0 aromatic heterocycles. The van der Waals surface area contributed by atoms with Crippen LogP contribution in [0.3, 0.4) is 0 Å². The van der Waals surface area contributed by atoms with E-state index in [1.807, 2.05) is 0 Å². The molecule has 2 N–H and O–H groups in total. The Hall–Kier alpha value is -1.26. The molecule has 0 aliphatic carbocycles. The summed E-state index contributed by atoms with van der Waals surface area (Å²) in [5, 5.41) is 11.5. The highest BCUT2D eigenvalue weighted by molar-refractivity contribution is 5.81. The number of amides is 2. The maximum Gasteiger partial charge on any atom is 0.407 e. The molecule has 72 valence electrons. The number of fused-ring (bicyclic) bond motifs is 1. The third-order valence-electron chi connectivity index (χ3n) is 2.88. The molecule has 2 rings (SSSR count). The number of nitrogens with one attached hydrogen (secondary N) is 1. The van der Waals surface area contributed by atoms with Crippen molar-refractivity contribution in [3.8, 4) is 0 Å². The van der Waals surface area contributed by atoms with E-state index in [4.69, 9.17) is 5.11 Å². The lowest BCUT2D eigenvalue weighted by atomic mass is 9.88. The first-order valence-electron chi connectivity index (χ1n) is 4.44. The molecule has 2 heterocycles. The van der Waals surface area contributed by atoms with Gasteiger partial charge < -0.3 is 15.3 Å². The third-order valence-corrected chi connectivity index (χ3v) is 2.88. The van der Waals surface area contributed by atoms with E-state index in [0.29, 0.717) is 26.1 Å². The van der Waals surface area contributed by atoms with Crippen molar-refractivity contribution in [2.45, 2.75) is 6.42 Å². The number of rotatable bonds is 0. The minimum absolute atomic E-state index is 0.0515. The van der Waals surface area contributed by atoms with Crippen molar-refractivity contribution < 1.29 is 14.7 Å². The summed E-state index contributed by atoms with van der Waals surface area (Å²) in [6.07, 6.45) is -0.208. The number of piperidine rings is 1. The van der Waals surface area contributed by atoms with Gasteiger partial charge in [0.15, 0.2) is 0 Å². The van der Waals surface area contributed by atoms with Crippen LogP contribution in [0.15, 0.2) is 0 Å². The molecule has 2 atom stereocenters. The predicted molar refractivity (Wildman–Crippen MR) is 44.2 cm³/mol. The minimum atomic E-state index is -0.877. The number of carbonyl (C=O) groups is 2. The van der Waals surface area contributed by atoms with Crippen molar-refractivity contribution in [2.75, 3.05) is 19.6 Å². The number of nitrogens with zero attached hydrogens (tertiary/aromatic N) is 1. The van der Waals surface area contributed by atoms with Crippen LogP contribution in [0.5, 0.6) is 0 Å². The van der Waals surface area contributed by atoms with Crippen molar-refractivity contribution >= 4 is 12.0 Å². The van der Waals surface area contributed by atoms with Crippen molar-refractivity contribution in [3.05, 3.63) is 0 Å². The quantitative estimate of drug-likeness (QED) is 0.544. The van der Waals surface area contributed by atoms with Gasteiger partial charge in [0.1, 0.15) is 0 Å². The van der Waals surface area contributed by atoms with Crippen molar-refractivity contribution in [2.24, 2.45) is 11.8 Å². The second kappa shape index (κ2) is 2.90. The largest absolute Gasteiger partial charge is 0.465 e. The molecule has 0 spiro atoms. The van der Waals surface area contributed by atoms with E-state index in [1.54, 1.807) is 0 Å². The highest BCUT2D eigenvalue weighted by atomic mass is 16.4. The Morgan fingerprint density at radius 3 is 3.08 bits per heavy atom. The Bertz CT molecular complexity index is 254. The van der Waals surface area contributed by atoms with Gasteiger partial charge in [-0.15, -0.1) is 0 Å². The molecule has 0 saturated carbocycles. The summed E-state index contributed by atoms with van der Waals surface area (Å²) in [6.45, 7) is 1.62. The Morgan fingerprint density at radius 1 is 1.62 bits per heavy atom. The maximum atomic E-state index is 11.2. The Kier molecular flexibility index (Phi) is 1.86. The predicted octanol–water partition coefficient (Wildman–Crippen LogP) is -0.268. The fourth-order valence-electron chi connectivity index (χ4n) is 2.12. The summed E-state index contributed by atoms with van der Waals surface area (Å²) < 4.78 is 0. The van der Waals surface area contributed by atoms with Crippen molar-refractivity contribution in [1.82, 2.24) is 10.2 Å². The molecule has 13 heavy (non-hydrogen) atoms. The zero-order valence-corrected chi connectivity index (χ0v) is 7.19. The third kappa shape index (κ3) is 1.34. The topological polar surface area (TPSA) is 69.6 Å². The van der Waals surface area contributed by atoms with Crippen LogP contribution >= 0.6 is 0 Å². The van der Waals surface area contributed by atoms with E-state index in [1.165, 1.54) is 4.90 Å². The van der Waals surface area contributed by atoms with Gasteiger partial charge in [-0.25, -0.2) is 4.79 Å². The summed E-state index contributed by atoms with van der Waals surface area (Å²) in [6, 6.07) is 0. The molecule has 2 amide bonds. The first-order chi connectivity index (χ1) is 6.18. The Balaban J connectivity index is 2.03. The average Bonchev–Trinajstić information content (AvgIpc) is 2.47. The van der Waals surface area contributed by atoms with E-state index in [-0.39, 0.29) is 17.7 Å². The summed E-state index contributed by atoms with van der Waals surface area (Å²) in [5.41, 5.74) is 0. The highest BCUT2D eigenvalue weighted by Gasteiger charge is 2.39. The van der Waals surface area contributed by atoms with Crippen LogP contribution in [0.2, 0.25) is 0 Å². The van der Waals surface area contributed by atoms with E-state index < -0.39 is 6.09 Å². The van der Waals surface area contributed by atoms with Gasteiger partial charge in [0.05, 0.1) is 0 Å². The smallest absolute Gasteiger partial charge is 0.407 e. The zero-order valence-electron chi connectivity index (χ0n) is 7.19. The van der Waals surface area contributed by atoms with E-state index >= 15 is 0 Å². The molecule has 2 saturated heterocycles. The Labute approximate surface area is 75.7 Å². The summed E-state index contributed by atoms with van der Waals surface area (Å²) >= 11 is 0. The fourth-order valence-corrected chi connectivity index (χ4v) is 2.12. The summed E-state index contributed by atoms with van der Waals surface area (Å²) in [4.78, 5) is 23.2. The van der Waals surface area contributed by atoms with Gasteiger partial charge in [-0.3, -0.25) is 4.79 Å². The number of carboxylic acid groups (broad SMARTS) is 1. The average molecular weight is 184 g/mol. The van der Waals surface area contributed by atoms with Gasteiger partial charge in [-0.1, -0.05) is 0 Å². The highest BCUT2D eigenvalue weighted by Crippen LogP contribution is 2.27. The molecule has 2 aliphatic rings. The van der Waals surface area contributed by atoms with Gasteiger partial charge in [0.2, 0.25) is 5.91 Å². The monoisotopic (exact) mass is 184 g/mol. The molecule has 0 aromatic rings. The van der Waals surface area contributed by atoms with Crippen LogP contribution < -0.4 is 5.32 Å². The maximum absolute atomic E-state index is 11.2. The molecule has 5 nitrogen and oxygen atoms in total. The zero-order chi connectivity index (χ0) is 9.42. The first kappa shape index (κ1) is 8.34. The van der Waals surface area contributed by atoms with Crippen molar-refractivity contribution in [1.29, 1.82) is 0 Å². The van der Waals surface area contributed by atoms with Gasteiger partial charge in [-0.05, 0) is 6.42 Å². The summed E-state index contributed by atoms with van der Waals surface area (Å²) in [7, 11) is 0. The molecular formula is C8H12N2O3. The minimum Gasteiger partial charge on any atom is -0.465 e. The lowest BCUT2D eigenvalue weighted by Gasteiger charge is -2.31. The van der Waals surface area contributed by atoms with E-state index in [2.05, 4.69) is 5.32 Å². The van der Waals surface area contributed by atoms with Gasteiger partial charge in [-0.2, -0.15) is 0 Å². The molecule has 5 heteroatoms. The molecule has 2 fully saturated rings. The number of hydrogen-bond acceptors (Lipinski definition) is 2. The van der Waals surface area contributed by atoms with E-state index in [0.717, 1.165) is 0 Å². The van der Waals surface area contributed by atoms with Gasteiger partial charge >= 0.3 is 6.09 Å². The lowest BCUT2D eigenvalue weighted by Crippen LogP contribution is -2.43. The van der Waals surface area contributed by atoms with Crippen LogP contribution in [0.1, 0.15) is 6.42 Å². The number of hydrogen-bond donors (Lipinski definition) is 2. The van der Waals surface area contributed by atoms with E-state index in [9.17, 15) is 9.59 Å². The molecule has 1 unspecified atom stereocenters. The molecule has 0 aromatic carbocycles. The second-order valence-electron chi connectivity index (χ2n) is 3.63. The van der Waals surface area contributed by atoms with Crippen LogP contribution in [0.4, 0.5) is 4.79 Å². The first-order valence-corrected chi connectivity index (χ1v) is 4.44. The SMILES string of the molecule is O=C1NC[C@H]2CN(C(=O)O)CCC12. The number of likely N-dealkylation sites (tertiary alicyclic amines) is 1.